The molecule has 1 aromatic heterocycles. The van der Waals surface area contributed by atoms with E-state index in [0.29, 0.717) is 24.2 Å². The van der Waals surface area contributed by atoms with Crippen molar-refractivity contribution in [2.75, 3.05) is 13.2 Å². The number of aromatic nitrogens is 1. The second-order valence-electron chi connectivity index (χ2n) is 9.14. The number of benzene rings is 2. The van der Waals surface area contributed by atoms with Gasteiger partial charge in [0.1, 0.15) is 0 Å². The summed E-state index contributed by atoms with van der Waals surface area (Å²) in [6.07, 6.45) is -0.515. The molecule has 0 fully saturated rings. The topological polar surface area (TPSA) is 123 Å². The predicted molar refractivity (Wildman–Crippen MR) is 140 cm³/mol. The molecule has 1 aliphatic rings. The van der Waals surface area contributed by atoms with Crippen molar-refractivity contribution in [2.24, 2.45) is 0 Å². The average molecular weight is 539 g/mol. The lowest BCUT2D eigenvalue weighted by Gasteiger charge is -2.28. The molecule has 0 radical (unpaired) electrons. The lowest BCUT2D eigenvalue weighted by atomic mass is 10.0. The van der Waals surface area contributed by atoms with E-state index < -0.39 is 33.8 Å². The molecular weight excluding hydrogens is 508 g/mol. The summed E-state index contributed by atoms with van der Waals surface area (Å²) in [6.45, 7) is 7.27. The summed E-state index contributed by atoms with van der Waals surface area (Å²) in [7, 11) is -3.75. The molecule has 0 aliphatic carbocycles. The molecule has 0 spiro atoms. The molecule has 9 nitrogen and oxygen atoms in total. The van der Waals surface area contributed by atoms with Crippen LogP contribution in [0.15, 0.2) is 53.4 Å². The van der Waals surface area contributed by atoms with Crippen molar-refractivity contribution in [3.63, 3.8) is 0 Å². The van der Waals surface area contributed by atoms with Gasteiger partial charge in [-0.05, 0) is 75.1 Å². The second-order valence-corrected chi connectivity index (χ2v) is 11.1. The van der Waals surface area contributed by atoms with Gasteiger partial charge in [0, 0.05) is 18.8 Å². The maximum atomic E-state index is 13.2. The number of rotatable bonds is 8. The Labute approximate surface area is 221 Å². The summed E-state index contributed by atoms with van der Waals surface area (Å²) >= 11 is 0. The zero-order chi connectivity index (χ0) is 27.6. The Morgan fingerprint density at radius 3 is 2.32 bits per heavy atom. The van der Waals surface area contributed by atoms with Crippen LogP contribution in [0.25, 0.3) is 0 Å². The third-order valence-electron chi connectivity index (χ3n) is 6.64. The van der Waals surface area contributed by atoms with E-state index in [9.17, 15) is 22.8 Å². The van der Waals surface area contributed by atoms with Crippen molar-refractivity contribution in [1.29, 1.82) is 0 Å². The minimum absolute atomic E-state index is 0.0709. The zero-order valence-electron chi connectivity index (χ0n) is 21.7. The molecule has 10 heteroatoms. The number of nitrogens with zero attached hydrogens (tertiary/aromatic N) is 1. The van der Waals surface area contributed by atoms with E-state index in [1.165, 1.54) is 35.5 Å². The van der Waals surface area contributed by atoms with Crippen LogP contribution in [0.1, 0.15) is 67.4 Å². The van der Waals surface area contributed by atoms with Gasteiger partial charge in [-0.3, -0.25) is 4.79 Å². The molecule has 0 amide bonds. The first-order valence-corrected chi connectivity index (χ1v) is 13.8. The van der Waals surface area contributed by atoms with Gasteiger partial charge in [-0.1, -0.05) is 24.3 Å². The van der Waals surface area contributed by atoms with Gasteiger partial charge < -0.3 is 14.5 Å². The monoisotopic (exact) mass is 538 g/mol. The number of H-pyrrole nitrogens is 1. The Bertz CT molecular complexity index is 1490. The molecule has 1 unspecified atom stereocenters. The highest BCUT2D eigenvalue weighted by molar-refractivity contribution is 7.89. The van der Waals surface area contributed by atoms with Crippen molar-refractivity contribution >= 4 is 27.7 Å². The molecule has 2 heterocycles. The number of fused-ring (bicyclic) bond motifs is 1. The third-order valence-corrected chi connectivity index (χ3v) is 8.50. The summed E-state index contributed by atoms with van der Waals surface area (Å²) in [4.78, 5) is 40.9. The van der Waals surface area contributed by atoms with Gasteiger partial charge in [0.2, 0.25) is 15.8 Å². The number of hydrogen-bond acceptors (Lipinski definition) is 7. The molecule has 1 atom stereocenters. The average Bonchev–Trinajstić information content (AvgIpc) is 3.21. The van der Waals surface area contributed by atoms with E-state index in [0.717, 1.165) is 11.1 Å². The van der Waals surface area contributed by atoms with Crippen molar-refractivity contribution < 1.29 is 32.3 Å². The number of ketones is 1. The number of sulfonamides is 1. The van der Waals surface area contributed by atoms with Crippen molar-refractivity contribution in [1.82, 2.24) is 9.29 Å². The number of aromatic amines is 1. The molecule has 200 valence electrons. The van der Waals surface area contributed by atoms with Crippen LogP contribution in [0.2, 0.25) is 0 Å². The number of hydrogen-bond donors (Lipinski definition) is 1. The standard InChI is InChI=1S/C28H30N2O7S/c1-5-36-28(33)24-17(2)25(29-18(24)3)26(31)19(4)37-27(32)21-10-12-23(13-11-21)38(34,35)30-15-14-20-8-6-7-9-22(20)16-30/h6-13,19,29H,5,14-16H2,1-4H3. The maximum Gasteiger partial charge on any atom is 0.340 e. The summed E-state index contributed by atoms with van der Waals surface area (Å²) in [5.41, 5.74) is 3.57. The van der Waals surface area contributed by atoms with Crippen LogP contribution in [-0.2, 0) is 32.5 Å². The molecule has 0 saturated heterocycles. The predicted octanol–water partition coefficient (Wildman–Crippen LogP) is 3.98. The first-order chi connectivity index (χ1) is 18.0. The number of nitrogens with one attached hydrogen (secondary N) is 1. The lowest BCUT2D eigenvalue weighted by Crippen LogP contribution is -2.35. The Hall–Kier alpha value is -3.76. The minimum Gasteiger partial charge on any atom is -0.462 e. The molecule has 1 N–H and O–H groups in total. The van der Waals surface area contributed by atoms with E-state index in [4.69, 9.17) is 9.47 Å². The van der Waals surface area contributed by atoms with Gasteiger partial charge in [-0.15, -0.1) is 0 Å². The van der Waals surface area contributed by atoms with E-state index >= 15 is 0 Å². The highest BCUT2D eigenvalue weighted by atomic mass is 32.2. The highest BCUT2D eigenvalue weighted by Crippen LogP contribution is 2.26. The molecule has 38 heavy (non-hydrogen) atoms. The second kappa shape index (κ2) is 10.9. The Morgan fingerprint density at radius 2 is 1.66 bits per heavy atom. The normalized spacial score (nSPS) is 14.4. The molecule has 0 saturated carbocycles. The van der Waals surface area contributed by atoms with E-state index in [1.54, 1.807) is 20.8 Å². The SMILES string of the molecule is CCOC(=O)c1c(C)[nH]c(C(=O)C(C)OC(=O)c2ccc(S(=O)(=O)N3CCc4ccccc4C3)cc2)c1C. The van der Waals surface area contributed by atoms with Gasteiger partial charge in [-0.2, -0.15) is 4.31 Å². The van der Waals surface area contributed by atoms with Gasteiger partial charge in [0.05, 0.1) is 28.3 Å². The summed E-state index contributed by atoms with van der Waals surface area (Å²) < 4.78 is 38.2. The van der Waals surface area contributed by atoms with E-state index in [2.05, 4.69) is 4.98 Å². The number of carbonyl (C=O) groups excluding carboxylic acids is 3. The van der Waals surface area contributed by atoms with E-state index in [1.807, 2.05) is 24.3 Å². The molecule has 4 rings (SSSR count). The Balaban J connectivity index is 1.44. The number of Topliss-reactive ketones (excluding diaryl/α,β-unsaturated/α-hetero) is 1. The van der Waals surface area contributed by atoms with Crippen molar-refractivity contribution in [3.8, 4) is 0 Å². The quantitative estimate of drug-likeness (QED) is 0.340. The van der Waals surface area contributed by atoms with Crippen LogP contribution in [0.3, 0.4) is 0 Å². The lowest BCUT2D eigenvalue weighted by molar-refractivity contribution is 0.0316. The Morgan fingerprint density at radius 1 is 1.00 bits per heavy atom. The smallest absolute Gasteiger partial charge is 0.340 e. The number of ether oxygens (including phenoxy) is 2. The largest absolute Gasteiger partial charge is 0.462 e. The fourth-order valence-electron chi connectivity index (χ4n) is 4.58. The molecule has 0 bridgehead atoms. The molecule has 2 aromatic carbocycles. The maximum absolute atomic E-state index is 13.2. The highest BCUT2D eigenvalue weighted by Gasteiger charge is 2.30. The first kappa shape index (κ1) is 27.3. The van der Waals surface area contributed by atoms with Crippen LogP contribution in [0.4, 0.5) is 0 Å². The van der Waals surface area contributed by atoms with Crippen LogP contribution >= 0.6 is 0 Å². The molecular formula is C28H30N2O7S. The van der Waals surface area contributed by atoms with Crippen LogP contribution in [0, 0.1) is 13.8 Å². The van der Waals surface area contributed by atoms with Gasteiger partial charge in [0.25, 0.3) is 0 Å². The summed E-state index contributed by atoms with van der Waals surface area (Å²) in [6, 6.07) is 13.2. The van der Waals surface area contributed by atoms with Crippen molar-refractivity contribution in [3.05, 3.63) is 87.7 Å². The molecule has 1 aliphatic heterocycles. The number of aryl methyl sites for hydroxylation is 1. The first-order valence-electron chi connectivity index (χ1n) is 12.3. The molecule has 3 aromatic rings. The van der Waals surface area contributed by atoms with Gasteiger partial charge >= 0.3 is 11.9 Å². The Kier molecular flexibility index (Phi) is 7.84. The fourth-order valence-corrected chi connectivity index (χ4v) is 6.00. The number of esters is 2. The zero-order valence-corrected chi connectivity index (χ0v) is 22.6. The fraction of sp³-hybridized carbons (Fsp3) is 0.321. The number of carbonyl (C=O) groups is 3. The van der Waals surface area contributed by atoms with E-state index in [-0.39, 0.29) is 34.9 Å². The third kappa shape index (κ3) is 5.27. The van der Waals surface area contributed by atoms with Gasteiger partial charge in [0.15, 0.2) is 6.10 Å². The van der Waals surface area contributed by atoms with Crippen molar-refractivity contribution in [2.45, 2.75) is 51.7 Å². The summed E-state index contributed by atoms with van der Waals surface area (Å²) in [5.74, 6) is -1.81. The van der Waals surface area contributed by atoms with Crippen LogP contribution < -0.4 is 0 Å². The van der Waals surface area contributed by atoms with Crippen LogP contribution in [0.5, 0.6) is 0 Å². The summed E-state index contributed by atoms with van der Waals surface area (Å²) in [5, 5.41) is 0. The minimum atomic E-state index is -3.75. The van der Waals surface area contributed by atoms with Crippen LogP contribution in [-0.4, -0.2) is 54.7 Å². The van der Waals surface area contributed by atoms with Gasteiger partial charge in [-0.25, -0.2) is 18.0 Å².